The smallest absolute Gasteiger partial charge is 0.328 e. The lowest BCUT2D eigenvalue weighted by molar-refractivity contribution is -0.144. The Morgan fingerprint density at radius 1 is 1.40 bits per heavy atom. The number of benzene rings is 1. The Morgan fingerprint density at radius 2 is 2.05 bits per heavy atom. The number of rotatable bonds is 5. The van der Waals surface area contributed by atoms with Gasteiger partial charge in [0.2, 0.25) is 3.79 Å². The molecule has 0 radical (unpaired) electrons. The van der Waals surface area contributed by atoms with Gasteiger partial charge < -0.3 is 10.1 Å². The summed E-state index contributed by atoms with van der Waals surface area (Å²) >= 11 is 16.6. The van der Waals surface area contributed by atoms with Crippen LogP contribution in [0.2, 0.25) is 0 Å². The molecule has 6 heteroatoms. The molecule has 1 aromatic rings. The quantitative estimate of drug-likeness (QED) is 0.643. The minimum absolute atomic E-state index is 0.267. The molecule has 1 atom stereocenters. The molecule has 0 spiro atoms. The molecule has 0 bridgehead atoms. The van der Waals surface area contributed by atoms with Crippen LogP contribution in [0.15, 0.2) is 18.2 Å². The highest BCUT2D eigenvalue weighted by molar-refractivity contribution is 6.67. The van der Waals surface area contributed by atoms with Gasteiger partial charge >= 0.3 is 5.97 Å². The summed E-state index contributed by atoms with van der Waals surface area (Å²) in [5, 5.41) is 3.16. The fourth-order valence-corrected chi connectivity index (χ4v) is 1.95. The summed E-state index contributed by atoms with van der Waals surface area (Å²) in [6.45, 7) is 5.50. The highest BCUT2D eigenvalue weighted by atomic mass is 35.6. The molecule has 0 saturated carbocycles. The molecule has 0 saturated heterocycles. The zero-order chi connectivity index (χ0) is 15.3. The fraction of sp³-hybridized carbons (Fsp3) is 0.500. The fourth-order valence-electron chi connectivity index (χ4n) is 1.78. The van der Waals surface area contributed by atoms with Crippen molar-refractivity contribution < 1.29 is 9.53 Å². The number of ether oxygens (including phenoxy) is 1. The van der Waals surface area contributed by atoms with Crippen LogP contribution in [-0.2, 0) is 16.0 Å². The van der Waals surface area contributed by atoms with E-state index in [0.717, 1.165) is 23.2 Å². The van der Waals surface area contributed by atoms with E-state index in [4.69, 9.17) is 39.5 Å². The second kappa shape index (κ2) is 7.39. The molecule has 20 heavy (non-hydrogen) atoms. The molecule has 0 amide bonds. The van der Waals surface area contributed by atoms with Gasteiger partial charge in [-0.3, -0.25) is 0 Å². The molecule has 3 nitrogen and oxygen atoms in total. The van der Waals surface area contributed by atoms with E-state index in [-0.39, 0.29) is 6.61 Å². The summed E-state index contributed by atoms with van der Waals surface area (Å²) < 4.78 is 3.37. The van der Waals surface area contributed by atoms with Crippen LogP contribution in [-0.4, -0.2) is 22.4 Å². The van der Waals surface area contributed by atoms with Gasteiger partial charge in [0.15, 0.2) is 0 Å². The second-order valence-electron chi connectivity index (χ2n) is 4.55. The Balaban J connectivity index is 2.71. The average molecular weight is 339 g/mol. The number of aryl methyl sites for hydroxylation is 2. The molecule has 1 N–H and O–H groups in total. The number of hydrogen-bond acceptors (Lipinski definition) is 3. The zero-order valence-corrected chi connectivity index (χ0v) is 13.9. The van der Waals surface area contributed by atoms with Crippen molar-refractivity contribution in [2.75, 3.05) is 11.9 Å². The van der Waals surface area contributed by atoms with Gasteiger partial charge in [-0.15, -0.1) is 0 Å². The average Bonchev–Trinajstić information content (AvgIpc) is 2.37. The van der Waals surface area contributed by atoms with Crippen LogP contribution in [0.1, 0.15) is 25.0 Å². The van der Waals surface area contributed by atoms with E-state index in [1.807, 2.05) is 25.1 Å². The first kappa shape index (κ1) is 17.4. The van der Waals surface area contributed by atoms with Crippen LogP contribution < -0.4 is 5.32 Å². The molecule has 0 heterocycles. The summed E-state index contributed by atoms with van der Waals surface area (Å²) in [4.78, 5) is 11.8. The van der Waals surface area contributed by atoms with Crippen LogP contribution in [0.25, 0.3) is 0 Å². The van der Waals surface area contributed by atoms with E-state index in [1.165, 1.54) is 0 Å². The van der Waals surface area contributed by atoms with Gasteiger partial charge in [0.25, 0.3) is 0 Å². The van der Waals surface area contributed by atoms with E-state index in [9.17, 15) is 4.79 Å². The van der Waals surface area contributed by atoms with Crippen LogP contribution in [0.5, 0.6) is 0 Å². The predicted octanol–water partition coefficient (Wildman–Crippen LogP) is 4.27. The molecular weight excluding hydrogens is 321 g/mol. The van der Waals surface area contributed by atoms with Crippen LogP contribution in [0.3, 0.4) is 0 Å². The summed E-state index contributed by atoms with van der Waals surface area (Å²) in [6.07, 6.45) is 0.875. The third kappa shape index (κ3) is 5.39. The Morgan fingerprint density at radius 3 is 2.60 bits per heavy atom. The largest absolute Gasteiger partial charge is 0.460 e. The maximum absolute atomic E-state index is 11.8. The lowest BCUT2D eigenvalue weighted by atomic mass is 10.1. The topological polar surface area (TPSA) is 38.3 Å². The number of alkyl halides is 3. The third-order valence-corrected chi connectivity index (χ3v) is 3.16. The summed E-state index contributed by atoms with van der Waals surface area (Å²) in [5.41, 5.74) is 3.17. The van der Waals surface area contributed by atoms with Gasteiger partial charge in [-0.05, 0) is 31.4 Å². The van der Waals surface area contributed by atoms with Crippen molar-refractivity contribution in [3.8, 4) is 0 Å². The molecule has 0 aliphatic heterocycles. The van der Waals surface area contributed by atoms with Crippen molar-refractivity contribution in [1.29, 1.82) is 0 Å². The Kier molecular flexibility index (Phi) is 6.44. The van der Waals surface area contributed by atoms with Gasteiger partial charge in [0, 0.05) is 5.69 Å². The Bertz CT molecular complexity index is 472. The molecule has 112 valence electrons. The third-order valence-electron chi connectivity index (χ3n) is 2.83. The van der Waals surface area contributed by atoms with Crippen molar-refractivity contribution in [2.45, 2.75) is 37.0 Å². The molecule has 0 aliphatic rings. The monoisotopic (exact) mass is 337 g/mol. The number of esters is 1. The van der Waals surface area contributed by atoms with Gasteiger partial charge in [-0.25, -0.2) is 4.79 Å². The number of halogens is 3. The SMILES string of the molecule is CCc1cccc(C)c1N[C@@H](C)C(=O)OCC(Cl)(Cl)Cl. The molecule has 0 aliphatic carbocycles. The standard InChI is InChI=1S/C14H18Cl3NO2/c1-4-11-7-5-6-9(2)12(11)18-10(3)13(19)20-8-14(15,16)17/h5-7,10,18H,4,8H2,1-3H3/t10-/m0/s1. The first-order valence-electron chi connectivity index (χ1n) is 6.33. The number of para-hydroxylation sites is 1. The molecular formula is C14H18Cl3NO2. The van der Waals surface area contributed by atoms with E-state index in [1.54, 1.807) is 6.92 Å². The summed E-state index contributed by atoms with van der Waals surface area (Å²) in [6, 6.07) is 5.48. The van der Waals surface area contributed by atoms with Crippen molar-refractivity contribution in [2.24, 2.45) is 0 Å². The first-order valence-corrected chi connectivity index (χ1v) is 7.46. The van der Waals surface area contributed by atoms with Gasteiger partial charge in [0.1, 0.15) is 12.6 Å². The zero-order valence-electron chi connectivity index (χ0n) is 11.7. The number of nitrogens with one attached hydrogen (secondary N) is 1. The second-order valence-corrected chi connectivity index (χ2v) is 7.07. The van der Waals surface area contributed by atoms with Crippen molar-refractivity contribution in [1.82, 2.24) is 0 Å². The number of carbonyl (C=O) groups is 1. The van der Waals surface area contributed by atoms with Crippen molar-refractivity contribution in [3.05, 3.63) is 29.3 Å². The van der Waals surface area contributed by atoms with Gasteiger partial charge in [0.05, 0.1) is 0 Å². The van der Waals surface area contributed by atoms with Crippen LogP contribution in [0.4, 0.5) is 5.69 Å². The molecule has 0 unspecified atom stereocenters. The highest BCUT2D eigenvalue weighted by Gasteiger charge is 2.24. The normalized spacial score (nSPS) is 12.9. The van der Waals surface area contributed by atoms with E-state index in [0.29, 0.717) is 0 Å². The van der Waals surface area contributed by atoms with Crippen LogP contribution >= 0.6 is 34.8 Å². The molecule has 1 rings (SSSR count). The predicted molar refractivity (Wildman–Crippen MR) is 84.9 cm³/mol. The first-order chi connectivity index (χ1) is 9.24. The van der Waals surface area contributed by atoms with E-state index in [2.05, 4.69) is 12.2 Å². The van der Waals surface area contributed by atoms with Crippen molar-refractivity contribution in [3.63, 3.8) is 0 Å². The molecule has 0 fully saturated rings. The van der Waals surface area contributed by atoms with Gasteiger partial charge in [-0.2, -0.15) is 0 Å². The van der Waals surface area contributed by atoms with Crippen LogP contribution in [0, 0.1) is 6.92 Å². The summed E-state index contributed by atoms with van der Waals surface area (Å²) in [7, 11) is 0. The number of anilines is 1. The lowest BCUT2D eigenvalue weighted by Crippen LogP contribution is -2.31. The Hall–Kier alpha value is -0.640. The maximum atomic E-state index is 11.8. The molecule has 0 aromatic heterocycles. The van der Waals surface area contributed by atoms with E-state index < -0.39 is 15.8 Å². The lowest BCUT2D eigenvalue weighted by Gasteiger charge is -2.20. The van der Waals surface area contributed by atoms with Crippen molar-refractivity contribution >= 4 is 46.5 Å². The number of hydrogen-bond donors (Lipinski definition) is 1. The Labute approximate surface area is 134 Å². The number of carbonyl (C=O) groups excluding carboxylic acids is 1. The van der Waals surface area contributed by atoms with E-state index >= 15 is 0 Å². The minimum Gasteiger partial charge on any atom is -0.460 e. The minimum atomic E-state index is -1.59. The maximum Gasteiger partial charge on any atom is 0.328 e. The highest BCUT2D eigenvalue weighted by Crippen LogP contribution is 2.26. The van der Waals surface area contributed by atoms with Gasteiger partial charge in [-0.1, -0.05) is 59.9 Å². The summed E-state index contributed by atoms with van der Waals surface area (Å²) in [5.74, 6) is -0.457. The molecule has 1 aromatic carbocycles.